The van der Waals surface area contributed by atoms with E-state index in [0.717, 1.165) is 43.5 Å². The molecule has 4 saturated carbocycles. The van der Waals surface area contributed by atoms with Crippen LogP contribution in [0.5, 0.6) is 0 Å². The predicted octanol–water partition coefficient (Wildman–Crippen LogP) is 2.39. The Kier molecular flexibility index (Phi) is 4.48. The largest absolute Gasteiger partial charge is 0.390 e. The summed E-state index contributed by atoms with van der Waals surface area (Å²) in [5.41, 5.74) is 8.26. The molecule has 2 heterocycles. The predicted molar refractivity (Wildman–Crippen MR) is 110 cm³/mol. The highest BCUT2D eigenvalue weighted by atomic mass is 16.3. The van der Waals surface area contributed by atoms with Gasteiger partial charge in [-0.1, -0.05) is 0 Å². The van der Waals surface area contributed by atoms with Crippen LogP contribution in [0, 0.1) is 29.1 Å². The van der Waals surface area contributed by atoms with Crippen LogP contribution in [-0.4, -0.2) is 32.6 Å². The molecule has 3 unspecified atom stereocenters. The molecule has 30 heavy (non-hydrogen) atoms. The molecule has 4 bridgehead atoms. The first-order valence-electron chi connectivity index (χ1n) is 10.5. The van der Waals surface area contributed by atoms with Crippen LogP contribution >= 0.6 is 0 Å². The minimum atomic E-state index is -0.511. The number of aromatic nitrogens is 2. The molecule has 5 atom stereocenters. The number of nitrogens with one attached hydrogen (secondary N) is 1. The summed E-state index contributed by atoms with van der Waals surface area (Å²) in [6, 6.07) is 7.64. The van der Waals surface area contributed by atoms with Crippen molar-refractivity contribution < 1.29 is 9.90 Å². The molecule has 4 aliphatic carbocycles. The van der Waals surface area contributed by atoms with Gasteiger partial charge in [0, 0.05) is 36.2 Å². The van der Waals surface area contributed by atoms with Gasteiger partial charge in [0.15, 0.2) is 0 Å². The maximum Gasteiger partial charge on any atom is 0.252 e. The summed E-state index contributed by atoms with van der Waals surface area (Å²) in [4.78, 5) is 20.8. The summed E-state index contributed by atoms with van der Waals surface area (Å²) < 4.78 is 0. The summed E-state index contributed by atoms with van der Waals surface area (Å²) >= 11 is 0. The average Bonchev–Trinajstić information content (AvgIpc) is 2.69. The van der Waals surface area contributed by atoms with Gasteiger partial charge in [0.05, 0.1) is 28.5 Å². The molecule has 4 N–H and O–H groups in total. The van der Waals surface area contributed by atoms with Gasteiger partial charge in [-0.05, 0) is 68.1 Å². The average molecular weight is 403 g/mol. The molecule has 4 fully saturated rings. The number of hydrogen-bond donors (Lipinski definition) is 3. The van der Waals surface area contributed by atoms with Crippen molar-refractivity contribution in [3.8, 4) is 6.07 Å². The molecular weight excluding hydrogens is 378 g/mol. The molecule has 0 aliphatic heterocycles. The first-order chi connectivity index (χ1) is 14.4. The zero-order valence-electron chi connectivity index (χ0n) is 16.7. The van der Waals surface area contributed by atoms with Crippen LogP contribution in [0.25, 0.3) is 0 Å². The molecule has 2 aromatic heterocycles. The highest BCUT2D eigenvalue weighted by Gasteiger charge is 2.54. The third-order valence-corrected chi connectivity index (χ3v) is 7.10. The Morgan fingerprint density at radius 3 is 2.63 bits per heavy atom. The fraction of sp³-hybridized carbons (Fsp3) is 0.478. The normalized spacial score (nSPS) is 31.3. The second-order valence-corrected chi connectivity index (χ2v) is 9.27. The van der Waals surface area contributed by atoms with Gasteiger partial charge in [-0.2, -0.15) is 5.26 Å². The zero-order valence-corrected chi connectivity index (χ0v) is 16.7. The Bertz CT molecular complexity index is 1030. The lowest BCUT2D eigenvalue weighted by molar-refractivity contribution is -0.129. The number of rotatable bonds is 5. The Morgan fingerprint density at radius 2 is 1.97 bits per heavy atom. The van der Waals surface area contributed by atoms with Gasteiger partial charge in [0.1, 0.15) is 0 Å². The van der Waals surface area contributed by atoms with Gasteiger partial charge in [-0.25, -0.2) is 0 Å². The highest BCUT2D eigenvalue weighted by molar-refractivity contribution is 5.98. The standard InChI is InChI=1S/C23H25N5O2/c24-11-13-1-2-26-17(5-13)6-18-7-20(19(12-27-18)22(25)29)28-21-15-3-14-4-16(21)10-23(30,8-14)9-15/h1-2,5,7,12,14-16,21,30H,3-4,6,8-10H2,(H2,25,29)(H,27,28)/t14?,15-,16+,21?,23?. The third kappa shape index (κ3) is 3.41. The Labute approximate surface area is 175 Å². The van der Waals surface area contributed by atoms with Gasteiger partial charge in [0.25, 0.3) is 5.91 Å². The van der Waals surface area contributed by atoms with Gasteiger partial charge < -0.3 is 16.2 Å². The minimum Gasteiger partial charge on any atom is -0.390 e. The Hall–Kier alpha value is -2.98. The van der Waals surface area contributed by atoms with Crippen LogP contribution in [0.1, 0.15) is 59.4 Å². The smallest absolute Gasteiger partial charge is 0.252 e. The fourth-order valence-corrected chi connectivity index (χ4v) is 6.14. The molecule has 4 aliphatic rings. The number of pyridine rings is 2. The summed E-state index contributed by atoms with van der Waals surface area (Å²) in [6.45, 7) is 0. The molecule has 0 aromatic carbocycles. The number of amides is 1. The molecule has 154 valence electrons. The van der Waals surface area contributed by atoms with E-state index >= 15 is 0 Å². The quantitative estimate of drug-likeness (QED) is 0.704. The van der Waals surface area contributed by atoms with E-state index in [9.17, 15) is 9.90 Å². The highest BCUT2D eigenvalue weighted by Crippen LogP contribution is 2.56. The number of hydrogen-bond acceptors (Lipinski definition) is 6. The number of anilines is 1. The van der Waals surface area contributed by atoms with Crippen molar-refractivity contribution in [3.63, 3.8) is 0 Å². The van der Waals surface area contributed by atoms with E-state index in [-0.39, 0.29) is 6.04 Å². The maximum absolute atomic E-state index is 12.0. The second kappa shape index (κ2) is 7.06. The molecule has 0 radical (unpaired) electrons. The number of primary amides is 1. The van der Waals surface area contributed by atoms with Gasteiger partial charge in [-0.3, -0.25) is 14.8 Å². The lowest BCUT2D eigenvalue weighted by Crippen LogP contribution is -2.59. The van der Waals surface area contributed by atoms with E-state index in [2.05, 4.69) is 21.4 Å². The van der Waals surface area contributed by atoms with E-state index in [0.29, 0.717) is 41.0 Å². The zero-order chi connectivity index (χ0) is 20.9. The SMILES string of the molecule is N#Cc1ccnc(Cc2cc(NC3[C@@H]4CC5C[C@H]3CC(O)(C5)C4)c(C(N)=O)cn2)c1. The number of nitriles is 1. The van der Waals surface area contributed by atoms with E-state index in [1.54, 1.807) is 18.3 Å². The number of nitrogens with zero attached hydrogens (tertiary/aromatic N) is 3. The molecule has 0 saturated heterocycles. The van der Waals surface area contributed by atoms with Crippen LogP contribution in [0.2, 0.25) is 0 Å². The van der Waals surface area contributed by atoms with E-state index in [1.165, 1.54) is 6.20 Å². The Balaban J connectivity index is 1.42. The van der Waals surface area contributed by atoms with Crippen LogP contribution in [-0.2, 0) is 6.42 Å². The summed E-state index contributed by atoms with van der Waals surface area (Å²) in [5.74, 6) is 0.927. The third-order valence-electron chi connectivity index (χ3n) is 7.10. The molecule has 2 aromatic rings. The van der Waals surface area contributed by atoms with E-state index in [1.807, 2.05) is 6.07 Å². The number of aliphatic hydroxyl groups is 1. The van der Waals surface area contributed by atoms with Crippen LogP contribution in [0.15, 0.2) is 30.6 Å². The van der Waals surface area contributed by atoms with Crippen molar-refractivity contribution in [3.05, 3.63) is 53.1 Å². The van der Waals surface area contributed by atoms with Crippen molar-refractivity contribution in [2.24, 2.45) is 23.5 Å². The summed E-state index contributed by atoms with van der Waals surface area (Å²) in [7, 11) is 0. The first-order valence-corrected chi connectivity index (χ1v) is 10.5. The molecule has 6 rings (SSSR count). The lowest BCUT2D eigenvalue weighted by atomic mass is 9.52. The fourth-order valence-electron chi connectivity index (χ4n) is 6.14. The monoisotopic (exact) mass is 403 g/mol. The number of nitrogens with two attached hydrogens (primary N) is 1. The lowest BCUT2D eigenvalue weighted by Gasteiger charge is -2.58. The van der Waals surface area contributed by atoms with Crippen molar-refractivity contribution in [1.29, 1.82) is 5.26 Å². The molecule has 7 nitrogen and oxygen atoms in total. The summed E-state index contributed by atoms with van der Waals surface area (Å²) in [6.07, 6.45) is 8.45. The number of carbonyl (C=O) groups is 1. The van der Waals surface area contributed by atoms with E-state index < -0.39 is 11.5 Å². The second-order valence-electron chi connectivity index (χ2n) is 9.27. The van der Waals surface area contributed by atoms with Crippen LogP contribution in [0.4, 0.5) is 5.69 Å². The molecular formula is C23H25N5O2. The van der Waals surface area contributed by atoms with Gasteiger partial charge >= 0.3 is 0 Å². The molecule has 1 amide bonds. The topological polar surface area (TPSA) is 125 Å². The van der Waals surface area contributed by atoms with Crippen molar-refractivity contribution >= 4 is 11.6 Å². The molecule has 0 spiro atoms. The minimum absolute atomic E-state index is 0.232. The van der Waals surface area contributed by atoms with Gasteiger partial charge in [-0.15, -0.1) is 0 Å². The van der Waals surface area contributed by atoms with Crippen molar-refractivity contribution in [1.82, 2.24) is 9.97 Å². The van der Waals surface area contributed by atoms with E-state index in [4.69, 9.17) is 11.0 Å². The summed E-state index contributed by atoms with van der Waals surface area (Å²) in [5, 5.41) is 23.6. The van der Waals surface area contributed by atoms with Crippen LogP contribution < -0.4 is 11.1 Å². The molecule has 7 heteroatoms. The van der Waals surface area contributed by atoms with Crippen molar-refractivity contribution in [2.75, 3.05) is 5.32 Å². The first kappa shape index (κ1) is 19.0. The maximum atomic E-state index is 12.0. The van der Waals surface area contributed by atoms with Gasteiger partial charge in [0.2, 0.25) is 0 Å². The van der Waals surface area contributed by atoms with Crippen molar-refractivity contribution in [2.45, 2.75) is 50.2 Å². The Morgan fingerprint density at radius 1 is 1.23 bits per heavy atom. The number of carbonyl (C=O) groups excluding carboxylic acids is 1. The van der Waals surface area contributed by atoms with Crippen LogP contribution in [0.3, 0.4) is 0 Å².